The summed E-state index contributed by atoms with van der Waals surface area (Å²) in [6, 6.07) is 13.6. The lowest BCUT2D eigenvalue weighted by atomic mass is 10.0. The van der Waals surface area contributed by atoms with Crippen molar-refractivity contribution in [3.63, 3.8) is 0 Å². The van der Waals surface area contributed by atoms with Crippen LogP contribution in [0.2, 0.25) is 0 Å². The molecule has 1 aromatic carbocycles. The predicted molar refractivity (Wildman–Crippen MR) is 134 cm³/mol. The summed E-state index contributed by atoms with van der Waals surface area (Å²) in [5, 5.41) is 10.7. The summed E-state index contributed by atoms with van der Waals surface area (Å²) in [5.74, 6) is 3.44. The minimum Gasteiger partial charge on any atom is -0.476 e. The Balaban J connectivity index is 1.47. The molecule has 1 aliphatic heterocycles. The fourth-order valence-electron chi connectivity index (χ4n) is 3.28. The van der Waals surface area contributed by atoms with Crippen LogP contribution in [-0.4, -0.2) is 59.7 Å². The molecule has 9 heteroatoms. The van der Waals surface area contributed by atoms with Gasteiger partial charge in [-0.05, 0) is 31.7 Å². The Morgan fingerprint density at radius 2 is 1.94 bits per heavy atom. The maximum atomic E-state index is 5.87. The normalized spacial score (nSPS) is 13.2. The first-order chi connectivity index (χ1) is 16.5. The SMILES string of the molecule is CC(C)C1=CC(Nc2cc(OCCN(C)C)nc(NCc3cc(-c4ccccc4)no3)n2)=NC1. The number of aromatic nitrogens is 3. The van der Waals surface area contributed by atoms with Gasteiger partial charge in [-0.15, -0.1) is 0 Å². The van der Waals surface area contributed by atoms with E-state index in [0.717, 1.165) is 23.6 Å². The van der Waals surface area contributed by atoms with E-state index >= 15 is 0 Å². The highest BCUT2D eigenvalue weighted by Crippen LogP contribution is 2.22. The first-order valence-electron chi connectivity index (χ1n) is 11.4. The second kappa shape index (κ2) is 10.9. The Labute approximate surface area is 200 Å². The number of nitrogens with one attached hydrogen (secondary N) is 2. The van der Waals surface area contributed by atoms with E-state index in [0.29, 0.717) is 49.0 Å². The van der Waals surface area contributed by atoms with Gasteiger partial charge in [0.1, 0.15) is 24.0 Å². The number of anilines is 2. The van der Waals surface area contributed by atoms with Crippen molar-refractivity contribution in [2.75, 3.05) is 44.4 Å². The van der Waals surface area contributed by atoms with Crippen LogP contribution >= 0.6 is 0 Å². The molecule has 9 nitrogen and oxygen atoms in total. The molecule has 0 saturated heterocycles. The van der Waals surface area contributed by atoms with Crippen molar-refractivity contribution in [1.29, 1.82) is 0 Å². The molecule has 178 valence electrons. The number of rotatable bonds is 10. The molecular formula is C25H31N7O2. The van der Waals surface area contributed by atoms with E-state index in [-0.39, 0.29) is 0 Å². The summed E-state index contributed by atoms with van der Waals surface area (Å²) in [6.07, 6.45) is 2.08. The summed E-state index contributed by atoms with van der Waals surface area (Å²) < 4.78 is 11.4. The van der Waals surface area contributed by atoms with Crippen molar-refractivity contribution in [3.8, 4) is 17.1 Å². The lowest BCUT2D eigenvalue weighted by Gasteiger charge is -2.13. The van der Waals surface area contributed by atoms with Gasteiger partial charge >= 0.3 is 0 Å². The predicted octanol–water partition coefficient (Wildman–Crippen LogP) is 4.09. The number of likely N-dealkylation sites (N-methyl/N-ethyl adjacent to an activating group) is 1. The minimum absolute atomic E-state index is 0.388. The zero-order valence-electron chi connectivity index (χ0n) is 20.1. The average molecular weight is 462 g/mol. The summed E-state index contributed by atoms with van der Waals surface area (Å²) in [5.41, 5.74) is 3.08. The van der Waals surface area contributed by atoms with E-state index in [2.05, 4.69) is 55.6 Å². The van der Waals surface area contributed by atoms with Crippen LogP contribution in [0.3, 0.4) is 0 Å². The van der Waals surface area contributed by atoms with E-state index in [1.54, 1.807) is 6.07 Å². The highest BCUT2D eigenvalue weighted by Gasteiger charge is 2.14. The number of amidine groups is 1. The van der Waals surface area contributed by atoms with Crippen molar-refractivity contribution >= 4 is 17.6 Å². The third-order valence-electron chi connectivity index (χ3n) is 5.29. The average Bonchev–Trinajstić information content (AvgIpc) is 3.48. The van der Waals surface area contributed by atoms with Crippen LogP contribution < -0.4 is 15.4 Å². The molecule has 4 rings (SSSR count). The van der Waals surface area contributed by atoms with E-state index in [1.807, 2.05) is 50.5 Å². The minimum atomic E-state index is 0.388. The molecule has 0 spiro atoms. The summed E-state index contributed by atoms with van der Waals surface area (Å²) in [6.45, 7) is 6.73. The molecule has 0 atom stereocenters. The molecule has 3 heterocycles. The van der Waals surface area contributed by atoms with Crippen LogP contribution in [0, 0.1) is 5.92 Å². The molecule has 0 radical (unpaired) electrons. The molecule has 0 saturated carbocycles. The van der Waals surface area contributed by atoms with E-state index in [9.17, 15) is 0 Å². The van der Waals surface area contributed by atoms with Crippen LogP contribution in [0.25, 0.3) is 11.3 Å². The molecule has 0 fully saturated rings. The Hall–Kier alpha value is -3.72. The standard InChI is InChI=1S/C25H31N7O2/c1-17(2)19-12-22(26-15-19)28-23-14-24(33-11-10-32(3)4)30-25(29-23)27-16-20-13-21(31-34-20)18-8-6-5-7-9-18/h5-9,12-14,17H,10-11,15-16H2,1-4H3,(H2,26,27,28,29,30). The fraction of sp³-hybridized carbons (Fsp3) is 0.360. The topological polar surface area (TPSA) is 101 Å². The molecule has 2 aromatic heterocycles. The van der Waals surface area contributed by atoms with Crippen molar-refractivity contribution in [2.24, 2.45) is 10.9 Å². The number of nitrogens with zero attached hydrogens (tertiary/aromatic N) is 5. The lowest BCUT2D eigenvalue weighted by Crippen LogP contribution is -2.20. The zero-order chi connectivity index (χ0) is 23.9. The van der Waals surface area contributed by atoms with Gasteiger partial charge < -0.3 is 24.8 Å². The molecule has 1 aliphatic rings. The number of ether oxygens (including phenoxy) is 1. The second-order valence-electron chi connectivity index (χ2n) is 8.67. The second-order valence-corrected chi connectivity index (χ2v) is 8.67. The molecule has 0 unspecified atom stereocenters. The van der Waals surface area contributed by atoms with Crippen LogP contribution in [0.4, 0.5) is 11.8 Å². The molecular weight excluding hydrogens is 430 g/mol. The van der Waals surface area contributed by atoms with Gasteiger partial charge in [0.15, 0.2) is 5.76 Å². The van der Waals surface area contributed by atoms with Gasteiger partial charge in [-0.1, -0.05) is 49.3 Å². The lowest BCUT2D eigenvalue weighted by molar-refractivity contribution is 0.254. The van der Waals surface area contributed by atoms with Gasteiger partial charge in [0.05, 0.1) is 13.1 Å². The van der Waals surface area contributed by atoms with Crippen molar-refractivity contribution in [2.45, 2.75) is 20.4 Å². The Bertz CT molecular complexity index is 1150. The maximum absolute atomic E-state index is 5.87. The molecule has 34 heavy (non-hydrogen) atoms. The van der Waals surface area contributed by atoms with Crippen molar-refractivity contribution in [3.05, 3.63) is 59.9 Å². The number of hydrogen-bond donors (Lipinski definition) is 2. The molecule has 0 bridgehead atoms. The summed E-state index contributed by atoms with van der Waals surface area (Å²) in [4.78, 5) is 15.7. The van der Waals surface area contributed by atoms with Gasteiger partial charge in [-0.2, -0.15) is 9.97 Å². The van der Waals surface area contributed by atoms with Crippen molar-refractivity contribution < 1.29 is 9.26 Å². The largest absolute Gasteiger partial charge is 0.476 e. The Morgan fingerprint density at radius 1 is 1.12 bits per heavy atom. The summed E-state index contributed by atoms with van der Waals surface area (Å²) in [7, 11) is 4.00. The van der Waals surface area contributed by atoms with E-state index in [1.165, 1.54) is 5.57 Å². The molecule has 0 amide bonds. The first kappa shape index (κ1) is 23.4. The third-order valence-corrected chi connectivity index (χ3v) is 5.29. The number of aliphatic imine (C=N–C) groups is 1. The van der Waals surface area contributed by atoms with Crippen LogP contribution in [-0.2, 0) is 6.54 Å². The van der Waals surface area contributed by atoms with Gasteiger partial charge in [-0.25, -0.2) is 0 Å². The highest BCUT2D eigenvalue weighted by molar-refractivity contribution is 6.05. The number of benzene rings is 1. The smallest absolute Gasteiger partial charge is 0.228 e. The molecule has 0 aliphatic carbocycles. The molecule has 2 N–H and O–H groups in total. The zero-order valence-corrected chi connectivity index (χ0v) is 20.1. The van der Waals surface area contributed by atoms with Gasteiger partial charge in [-0.3, -0.25) is 4.99 Å². The van der Waals surface area contributed by atoms with Gasteiger partial charge in [0.2, 0.25) is 11.8 Å². The molecule has 3 aromatic rings. The highest BCUT2D eigenvalue weighted by atomic mass is 16.5. The first-order valence-corrected chi connectivity index (χ1v) is 11.4. The van der Waals surface area contributed by atoms with E-state index < -0.39 is 0 Å². The number of hydrogen-bond acceptors (Lipinski definition) is 9. The van der Waals surface area contributed by atoms with Crippen LogP contribution in [0.5, 0.6) is 5.88 Å². The fourth-order valence-corrected chi connectivity index (χ4v) is 3.28. The maximum Gasteiger partial charge on any atom is 0.228 e. The monoisotopic (exact) mass is 461 g/mol. The van der Waals surface area contributed by atoms with Crippen molar-refractivity contribution in [1.82, 2.24) is 20.0 Å². The van der Waals surface area contributed by atoms with Crippen LogP contribution in [0.15, 0.2) is 63.6 Å². The Kier molecular flexibility index (Phi) is 7.54. The van der Waals surface area contributed by atoms with Gasteiger partial charge in [0, 0.05) is 24.2 Å². The van der Waals surface area contributed by atoms with Crippen LogP contribution in [0.1, 0.15) is 19.6 Å². The summed E-state index contributed by atoms with van der Waals surface area (Å²) >= 11 is 0. The van der Waals surface area contributed by atoms with E-state index in [4.69, 9.17) is 9.26 Å². The van der Waals surface area contributed by atoms with Gasteiger partial charge in [0.25, 0.3) is 0 Å². The quantitative estimate of drug-likeness (QED) is 0.466. The Morgan fingerprint density at radius 3 is 2.68 bits per heavy atom. The third kappa shape index (κ3) is 6.41.